The molecule has 1 atom stereocenters. The van der Waals surface area contributed by atoms with E-state index in [9.17, 15) is 4.79 Å². The van der Waals surface area contributed by atoms with E-state index in [0.29, 0.717) is 18.9 Å². The molecule has 1 aliphatic heterocycles. The molecule has 1 fully saturated rings. The van der Waals surface area contributed by atoms with Crippen LogP contribution < -0.4 is 0 Å². The van der Waals surface area contributed by atoms with Crippen molar-refractivity contribution in [2.45, 2.75) is 19.1 Å². The smallest absolute Gasteiger partial charge is 0.354 e. The summed E-state index contributed by atoms with van der Waals surface area (Å²) in [5, 5.41) is 9.02. The highest BCUT2D eigenvalue weighted by Crippen LogP contribution is 2.20. The third-order valence-electron chi connectivity index (χ3n) is 3.56. The zero-order valence-electron chi connectivity index (χ0n) is 12.1. The molecule has 1 aliphatic rings. The molecule has 0 radical (unpaired) electrons. The number of carboxylic acids is 1. The molecule has 1 aromatic carbocycles. The van der Waals surface area contributed by atoms with E-state index in [1.807, 2.05) is 24.3 Å². The maximum absolute atomic E-state index is 11.0. The van der Waals surface area contributed by atoms with Crippen LogP contribution in [-0.2, 0) is 16.1 Å². The second-order valence-corrected chi connectivity index (χ2v) is 5.21. The maximum atomic E-state index is 11.0. The Morgan fingerprint density at radius 2 is 2.18 bits per heavy atom. The summed E-state index contributed by atoms with van der Waals surface area (Å²) in [6.07, 6.45) is 1.10. The Hall–Kier alpha value is -2.24. The van der Waals surface area contributed by atoms with Gasteiger partial charge in [0.2, 0.25) is 0 Å². The summed E-state index contributed by atoms with van der Waals surface area (Å²) in [6.45, 7) is 1.93. The molecule has 114 valence electrons. The molecule has 1 saturated heterocycles. The molecular formula is C17H17NO4. The van der Waals surface area contributed by atoms with Crippen molar-refractivity contribution in [2.24, 2.45) is 0 Å². The molecule has 22 heavy (non-hydrogen) atoms. The molecule has 2 heterocycles. The van der Waals surface area contributed by atoms with Crippen LogP contribution in [0.5, 0.6) is 0 Å². The van der Waals surface area contributed by atoms with Crippen LogP contribution in [0.25, 0.3) is 11.3 Å². The van der Waals surface area contributed by atoms with E-state index in [0.717, 1.165) is 24.2 Å². The molecule has 0 amide bonds. The lowest BCUT2D eigenvalue weighted by Crippen LogP contribution is -2.11. The van der Waals surface area contributed by atoms with Crippen LogP contribution >= 0.6 is 0 Å². The highest BCUT2D eigenvalue weighted by atomic mass is 16.5. The highest BCUT2D eigenvalue weighted by Gasteiger charge is 2.16. The van der Waals surface area contributed by atoms with Crippen LogP contribution in [0.15, 0.2) is 42.5 Å². The molecule has 0 spiro atoms. The van der Waals surface area contributed by atoms with Crippen molar-refractivity contribution >= 4 is 5.97 Å². The van der Waals surface area contributed by atoms with Crippen molar-refractivity contribution < 1.29 is 19.4 Å². The van der Waals surface area contributed by atoms with Crippen LogP contribution in [0.3, 0.4) is 0 Å². The van der Waals surface area contributed by atoms with Gasteiger partial charge in [-0.2, -0.15) is 0 Å². The lowest BCUT2D eigenvalue weighted by Gasteiger charge is -2.10. The van der Waals surface area contributed by atoms with Crippen molar-refractivity contribution in [3.05, 3.63) is 53.7 Å². The third-order valence-corrected chi connectivity index (χ3v) is 3.56. The number of aromatic nitrogens is 1. The van der Waals surface area contributed by atoms with Gasteiger partial charge in [-0.05, 0) is 30.2 Å². The first-order valence-corrected chi connectivity index (χ1v) is 7.21. The standard InChI is InChI=1S/C17H17NO4/c19-17(20)16-6-2-5-15(18-16)13-4-1-3-12(9-13)10-22-14-7-8-21-11-14/h1-6,9,14H,7-8,10-11H2,(H,19,20). The first kappa shape index (κ1) is 14.7. The Kier molecular flexibility index (Phi) is 4.46. The van der Waals surface area contributed by atoms with E-state index >= 15 is 0 Å². The number of benzene rings is 1. The highest BCUT2D eigenvalue weighted by molar-refractivity contribution is 5.86. The Morgan fingerprint density at radius 1 is 1.32 bits per heavy atom. The zero-order valence-corrected chi connectivity index (χ0v) is 12.1. The molecule has 5 heteroatoms. The summed E-state index contributed by atoms with van der Waals surface area (Å²) < 4.78 is 11.1. The molecule has 3 rings (SSSR count). The zero-order chi connectivity index (χ0) is 15.4. The van der Waals surface area contributed by atoms with E-state index in [4.69, 9.17) is 14.6 Å². The maximum Gasteiger partial charge on any atom is 0.354 e. The Bertz CT molecular complexity index is 665. The minimum atomic E-state index is -1.03. The number of rotatable bonds is 5. The van der Waals surface area contributed by atoms with Gasteiger partial charge in [-0.25, -0.2) is 9.78 Å². The second-order valence-electron chi connectivity index (χ2n) is 5.21. The summed E-state index contributed by atoms with van der Waals surface area (Å²) in [5.74, 6) is -1.03. The SMILES string of the molecule is O=C(O)c1cccc(-c2cccc(COC3CCOC3)c2)n1. The predicted molar refractivity (Wildman–Crippen MR) is 80.6 cm³/mol. The number of carbonyl (C=O) groups is 1. The number of nitrogens with zero attached hydrogens (tertiary/aromatic N) is 1. The lowest BCUT2D eigenvalue weighted by molar-refractivity contribution is 0.0318. The minimum Gasteiger partial charge on any atom is -0.477 e. The molecule has 1 aromatic heterocycles. The van der Waals surface area contributed by atoms with E-state index in [1.54, 1.807) is 12.1 Å². The molecule has 1 N–H and O–H groups in total. The predicted octanol–water partition coefficient (Wildman–Crippen LogP) is 2.75. The van der Waals surface area contributed by atoms with Crippen molar-refractivity contribution in [1.29, 1.82) is 0 Å². The number of hydrogen-bond acceptors (Lipinski definition) is 4. The fourth-order valence-corrected chi connectivity index (χ4v) is 2.39. The molecule has 2 aromatic rings. The first-order valence-electron chi connectivity index (χ1n) is 7.21. The monoisotopic (exact) mass is 299 g/mol. The van der Waals surface area contributed by atoms with Gasteiger partial charge in [-0.3, -0.25) is 0 Å². The normalized spacial score (nSPS) is 17.5. The summed E-state index contributed by atoms with van der Waals surface area (Å²) in [4.78, 5) is 15.2. The van der Waals surface area contributed by atoms with Gasteiger partial charge < -0.3 is 14.6 Å². The van der Waals surface area contributed by atoms with Crippen LogP contribution in [0.4, 0.5) is 0 Å². The van der Waals surface area contributed by atoms with Gasteiger partial charge in [0.15, 0.2) is 0 Å². The molecule has 0 saturated carbocycles. The van der Waals surface area contributed by atoms with Gasteiger partial charge in [0.25, 0.3) is 0 Å². The van der Waals surface area contributed by atoms with Gasteiger partial charge in [-0.15, -0.1) is 0 Å². The Balaban J connectivity index is 1.75. The van der Waals surface area contributed by atoms with E-state index < -0.39 is 5.97 Å². The molecule has 1 unspecified atom stereocenters. The Labute approximate surface area is 128 Å². The van der Waals surface area contributed by atoms with E-state index in [1.165, 1.54) is 6.07 Å². The van der Waals surface area contributed by atoms with Crippen molar-refractivity contribution in [1.82, 2.24) is 4.98 Å². The van der Waals surface area contributed by atoms with Gasteiger partial charge in [0.05, 0.1) is 25.0 Å². The summed E-state index contributed by atoms with van der Waals surface area (Å²) in [5.41, 5.74) is 2.60. The quantitative estimate of drug-likeness (QED) is 0.919. The van der Waals surface area contributed by atoms with E-state index in [2.05, 4.69) is 4.98 Å². The average Bonchev–Trinajstić information content (AvgIpc) is 3.07. The van der Waals surface area contributed by atoms with Crippen molar-refractivity contribution in [2.75, 3.05) is 13.2 Å². The van der Waals surface area contributed by atoms with Crippen molar-refractivity contribution in [3.63, 3.8) is 0 Å². The van der Waals surface area contributed by atoms with Gasteiger partial charge in [0, 0.05) is 12.2 Å². The minimum absolute atomic E-state index is 0.0438. The average molecular weight is 299 g/mol. The molecule has 0 bridgehead atoms. The summed E-state index contributed by atoms with van der Waals surface area (Å²) >= 11 is 0. The topological polar surface area (TPSA) is 68.7 Å². The number of hydrogen-bond donors (Lipinski definition) is 1. The van der Waals surface area contributed by atoms with E-state index in [-0.39, 0.29) is 11.8 Å². The molecule has 0 aliphatic carbocycles. The van der Waals surface area contributed by atoms with Crippen LogP contribution in [-0.4, -0.2) is 35.4 Å². The number of pyridine rings is 1. The fraction of sp³-hybridized carbons (Fsp3) is 0.294. The fourth-order valence-electron chi connectivity index (χ4n) is 2.39. The van der Waals surface area contributed by atoms with Gasteiger partial charge in [0.1, 0.15) is 5.69 Å². The molecule has 5 nitrogen and oxygen atoms in total. The van der Waals surface area contributed by atoms with Crippen molar-refractivity contribution in [3.8, 4) is 11.3 Å². The molecular weight excluding hydrogens is 282 g/mol. The summed E-state index contributed by atoms with van der Waals surface area (Å²) in [7, 11) is 0. The van der Waals surface area contributed by atoms with Crippen LogP contribution in [0.1, 0.15) is 22.5 Å². The third kappa shape index (κ3) is 3.50. The number of aromatic carboxylic acids is 1. The van der Waals surface area contributed by atoms with Gasteiger partial charge >= 0.3 is 5.97 Å². The van der Waals surface area contributed by atoms with Crippen LogP contribution in [0.2, 0.25) is 0 Å². The van der Waals surface area contributed by atoms with Gasteiger partial charge in [-0.1, -0.05) is 24.3 Å². The number of ether oxygens (including phenoxy) is 2. The van der Waals surface area contributed by atoms with Crippen LogP contribution in [0, 0.1) is 0 Å². The first-order chi connectivity index (χ1) is 10.7. The summed E-state index contributed by atoms with van der Waals surface area (Å²) in [6, 6.07) is 12.8. The lowest BCUT2D eigenvalue weighted by atomic mass is 10.1. The second kappa shape index (κ2) is 6.68. The largest absolute Gasteiger partial charge is 0.477 e. The number of carboxylic acid groups (broad SMARTS) is 1. The Morgan fingerprint density at radius 3 is 2.95 bits per heavy atom.